The Labute approximate surface area is 38.0 Å². The quantitative estimate of drug-likeness (QED) is 0.446. The van der Waals surface area contributed by atoms with E-state index in [0.717, 1.165) is 6.26 Å². The molecule has 0 aromatic rings. The first kappa shape index (κ1) is 24.5. The summed E-state index contributed by atoms with van der Waals surface area (Å²) in [5.41, 5.74) is 0. The van der Waals surface area contributed by atoms with E-state index in [1.807, 2.05) is 0 Å². The summed E-state index contributed by atoms with van der Waals surface area (Å²) in [6, 6.07) is 0. The molecule has 0 bridgehead atoms. The number of hydrogen-bond acceptors (Lipinski definition) is 1. The Kier molecular flexibility index (Phi) is 429. The molecule has 0 radical (unpaired) electrons. The molecule has 2 nitrogen and oxygen atoms in total. The fourth-order valence-corrected chi connectivity index (χ4v) is 0. The minimum atomic E-state index is 0. The van der Waals surface area contributed by atoms with Gasteiger partial charge < -0.3 is 10.6 Å². The second kappa shape index (κ2) is 87.5. The van der Waals surface area contributed by atoms with E-state index in [1.165, 1.54) is 0 Å². The molecule has 42 valence electrons. The third kappa shape index (κ3) is 31.5. The van der Waals surface area contributed by atoms with Crippen molar-refractivity contribution >= 4 is 0 Å². The van der Waals surface area contributed by atoms with Crippen molar-refractivity contribution in [3.8, 4) is 0 Å². The largest absolute Gasteiger partial charge is 0.516 e. The lowest BCUT2D eigenvalue weighted by Crippen LogP contribution is -1.25. The Balaban J connectivity index is -0.00000000133. The number of aliphatic hydroxyl groups is 1. The standard InChI is InChI=1S/C2H4O.CH4.H2O.4H2/c1-2-3;;;;;;/h2-3H,1H2;1H4;1H2;4*1H. The smallest absolute Gasteiger partial charge is 0.0719 e. The molecule has 0 saturated heterocycles. The van der Waals surface area contributed by atoms with Gasteiger partial charge in [0.15, 0.2) is 0 Å². The highest BCUT2D eigenvalue weighted by Gasteiger charge is 1.11. The number of aliphatic hydroxyl groups excluding tert-OH is 1. The van der Waals surface area contributed by atoms with Gasteiger partial charge >= 0.3 is 0 Å². The summed E-state index contributed by atoms with van der Waals surface area (Å²) in [5.74, 6) is 0. The highest BCUT2D eigenvalue weighted by atomic mass is 16.2. The van der Waals surface area contributed by atoms with Crippen LogP contribution in [0.1, 0.15) is 13.1 Å². The predicted octanol–water partition coefficient (Wildman–Crippen LogP) is 1.48. The molecule has 0 atom stereocenters. The zero-order chi connectivity index (χ0) is 2.71. The molecule has 0 aliphatic carbocycles. The molecule has 5 heavy (non-hydrogen) atoms. The van der Waals surface area contributed by atoms with Gasteiger partial charge in [-0.05, 0) is 0 Å². The lowest BCUT2D eigenvalue weighted by Gasteiger charge is -1.41. The molecule has 0 spiro atoms. The van der Waals surface area contributed by atoms with E-state index in [4.69, 9.17) is 5.11 Å². The van der Waals surface area contributed by atoms with Crippen molar-refractivity contribution in [2.75, 3.05) is 0 Å². The third-order valence-electron chi connectivity index (χ3n) is 0. The maximum Gasteiger partial charge on any atom is 0.0719 e. The van der Waals surface area contributed by atoms with Crippen LogP contribution in [0.3, 0.4) is 0 Å². The van der Waals surface area contributed by atoms with Gasteiger partial charge in [-0.1, -0.05) is 14.0 Å². The first-order valence-electron chi connectivity index (χ1n) is 0.666. The summed E-state index contributed by atoms with van der Waals surface area (Å²) in [6.45, 7) is 2.92. The zero-order valence-electron chi connectivity index (χ0n) is 2.23. The summed E-state index contributed by atoms with van der Waals surface area (Å²) < 4.78 is 0. The SMILES string of the molecule is C.C=CO.O.[HH].[HH].[HH].[HH]. The van der Waals surface area contributed by atoms with Gasteiger partial charge in [-0.15, -0.1) is 0 Å². The van der Waals surface area contributed by atoms with E-state index in [2.05, 4.69) is 6.58 Å². The lowest BCUT2D eigenvalue weighted by molar-refractivity contribution is 0.476. The molecule has 2 heteroatoms. The van der Waals surface area contributed by atoms with E-state index in [0.29, 0.717) is 0 Å². The first-order chi connectivity index (χ1) is 1.41. The summed E-state index contributed by atoms with van der Waals surface area (Å²) in [6.07, 6.45) is 0.750. The van der Waals surface area contributed by atoms with E-state index in [9.17, 15) is 0 Å². The van der Waals surface area contributed by atoms with E-state index >= 15 is 0 Å². The van der Waals surface area contributed by atoms with Crippen LogP contribution in [0.15, 0.2) is 12.8 Å². The van der Waals surface area contributed by atoms with Crippen molar-refractivity contribution in [2.45, 2.75) is 7.43 Å². The van der Waals surface area contributed by atoms with Crippen LogP contribution in [-0.2, 0) is 0 Å². The highest BCUT2D eigenvalue weighted by Crippen LogP contribution is 1.26. The van der Waals surface area contributed by atoms with Crippen molar-refractivity contribution in [2.24, 2.45) is 0 Å². The molecule has 3 N–H and O–H groups in total. The van der Waals surface area contributed by atoms with Crippen LogP contribution < -0.4 is 0 Å². The van der Waals surface area contributed by atoms with Gasteiger partial charge in [0.2, 0.25) is 0 Å². The minimum Gasteiger partial charge on any atom is -0.516 e. The molecule has 0 saturated carbocycles. The molecule has 0 heterocycles. The maximum absolute atomic E-state index is 7.33. The second-order valence-electron chi connectivity index (χ2n) is 0.183. The van der Waals surface area contributed by atoms with Crippen LogP contribution in [0.5, 0.6) is 0 Å². The van der Waals surface area contributed by atoms with Crippen molar-refractivity contribution < 1.29 is 16.3 Å². The van der Waals surface area contributed by atoms with Crippen LogP contribution >= 0.6 is 0 Å². The monoisotopic (exact) mass is 86.1 g/mol. The topological polar surface area (TPSA) is 51.7 Å². The average molecular weight is 86.2 g/mol. The summed E-state index contributed by atoms with van der Waals surface area (Å²) in [7, 11) is 0. The van der Waals surface area contributed by atoms with Gasteiger partial charge in [-0.2, -0.15) is 0 Å². The lowest BCUT2D eigenvalue weighted by atomic mass is 11.2. The fraction of sp³-hybridized carbons (Fsp3) is 0.333. The molecule has 0 aliphatic heterocycles. The first-order valence-corrected chi connectivity index (χ1v) is 0.666. The van der Waals surface area contributed by atoms with Gasteiger partial charge in [-0.3, -0.25) is 0 Å². The third-order valence-corrected chi connectivity index (χ3v) is 0. The molecule has 0 aromatic heterocycles. The van der Waals surface area contributed by atoms with E-state index < -0.39 is 0 Å². The Bertz CT molecular complexity index is 21.3. The van der Waals surface area contributed by atoms with Crippen LogP contribution in [0.4, 0.5) is 0 Å². The van der Waals surface area contributed by atoms with E-state index in [-0.39, 0.29) is 18.6 Å². The van der Waals surface area contributed by atoms with Crippen molar-refractivity contribution in [1.29, 1.82) is 0 Å². The Morgan fingerprint density at radius 1 is 1.80 bits per heavy atom. The molecule has 0 unspecified atom stereocenters. The van der Waals surface area contributed by atoms with Gasteiger partial charge in [-0.25, -0.2) is 0 Å². The molecular formula is C3H18O2. The Hall–Kier alpha value is -0.500. The van der Waals surface area contributed by atoms with Crippen LogP contribution in [-0.4, -0.2) is 10.6 Å². The van der Waals surface area contributed by atoms with Crippen molar-refractivity contribution in [3.05, 3.63) is 12.8 Å². The molecule has 0 aromatic carbocycles. The fourth-order valence-electron chi connectivity index (χ4n) is 0. The minimum absolute atomic E-state index is 0. The van der Waals surface area contributed by atoms with Crippen molar-refractivity contribution in [1.82, 2.24) is 0 Å². The number of hydrogen-bond donors (Lipinski definition) is 1. The molecule has 0 amide bonds. The zero-order valence-corrected chi connectivity index (χ0v) is 2.23. The second-order valence-corrected chi connectivity index (χ2v) is 0.183. The van der Waals surface area contributed by atoms with Crippen LogP contribution in [0.2, 0.25) is 0 Å². The van der Waals surface area contributed by atoms with Gasteiger partial charge in [0.05, 0.1) is 6.26 Å². The van der Waals surface area contributed by atoms with Gasteiger partial charge in [0, 0.05) is 5.71 Å². The highest BCUT2D eigenvalue weighted by molar-refractivity contribution is 4.38. The van der Waals surface area contributed by atoms with Crippen molar-refractivity contribution in [3.63, 3.8) is 0 Å². The van der Waals surface area contributed by atoms with Gasteiger partial charge in [0.25, 0.3) is 0 Å². The molecule has 0 aliphatic rings. The normalized spacial score (nSPS) is 2.40. The molecule has 0 fully saturated rings. The summed E-state index contributed by atoms with van der Waals surface area (Å²) in [5, 5.41) is 7.33. The van der Waals surface area contributed by atoms with Gasteiger partial charge in [0.1, 0.15) is 0 Å². The summed E-state index contributed by atoms with van der Waals surface area (Å²) in [4.78, 5) is 0. The summed E-state index contributed by atoms with van der Waals surface area (Å²) >= 11 is 0. The Morgan fingerprint density at radius 3 is 1.80 bits per heavy atom. The maximum atomic E-state index is 7.33. The predicted molar refractivity (Wildman–Crippen MR) is 31.6 cm³/mol. The van der Waals surface area contributed by atoms with Crippen LogP contribution in [0.25, 0.3) is 0 Å². The Morgan fingerprint density at radius 2 is 1.80 bits per heavy atom. The number of rotatable bonds is 0. The molecule has 0 rings (SSSR count). The van der Waals surface area contributed by atoms with Crippen LogP contribution in [0, 0.1) is 0 Å². The molecular weight excluding hydrogens is 68.0 g/mol. The average Bonchev–Trinajstić information content (AvgIpc) is 0.918. The van der Waals surface area contributed by atoms with E-state index in [1.54, 1.807) is 0 Å².